The van der Waals surface area contributed by atoms with Crippen LogP contribution in [0, 0.1) is 0 Å². The van der Waals surface area contributed by atoms with Crippen molar-refractivity contribution < 1.29 is 24.3 Å². The first-order chi connectivity index (χ1) is 24.4. The van der Waals surface area contributed by atoms with E-state index in [1.54, 1.807) is 5.51 Å². The number of nitrogens with two attached hydrogens (primary N) is 1. The molecule has 0 radical (unpaired) electrons. The molecule has 4 N–H and O–H groups in total. The smallest absolute Gasteiger partial charge is 0.352 e. The first-order valence-corrected chi connectivity index (χ1v) is 18.7. The van der Waals surface area contributed by atoms with E-state index in [2.05, 4.69) is 30.0 Å². The highest BCUT2D eigenvalue weighted by Crippen LogP contribution is 2.43. The third-order valence-corrected chi connectivity index (χ3v) is 11.8. The number of nitrogens with zero attached hydrogens (tertiary/aromatic N) is 6. The number of rotatable bonds is 12. The largest absolute Gasteiger partial charge is 0.477 e. The van der Waals surface area contributed by atoms with Gasteiger partial charge in [-0.15, -0.1) is 22.0 Å². The van der Waals surface area contributed by atoms with Gasteiger partial charge in [0.05, 0.1) is 0 Å². The molecule has 3 aromatic carbocycles. The average molecular weight is 743 g/mol. The number of carboxylic acids is 1. The lowest BCUT2D eigenvalue weighted by molar-refractivity contribution is -0.150. The van der Waals surface area contributed by atoms with Crippen LogP contribution in [0.3, 0.4) is 0 Å². The van der Waals surface area contributed by atoms with E-state index < -0.39 is 34.8 Å². The van der Waals surface area contributed by atoms with Crippen molar-refractivity contribution >= 4 is 75.0 Å². The molecule has 5 aromatic rings. The maximum absolute atomic E-state index is 14.1. The molecule has 50 heavy (non-hydrogen) atoms. The molecule has 252 valence electrons. The van der Waals surface area contributed by atoms with Crippen molar-refractivity contribution in [3.63, 3.8) is 0 Å². The van der Waals surface area contributed by atoms with Crippen LogP contribution in [0.15, 0.2) is 117 Å². The van der Waals surface area contributed by atoms with Gasteiger partial charge in [-0.3, -0.25) is 14.5 Å². The van der Waals surface area contributed by atoms with Gasteiger partial charge in [-0.25, -0.2) is 4.79 Å². The number of carbonyl (C=O) groups is 3. The summed E-state index contributed by atoms with van der Waals surface area (Å²) in [6, 6.07) is 27.4. The standard InChI is InChI=1S/C33H26N8O5S4/c34-31-37-26(40-50-31)23(39-46-33(20-10-4-1-5-11-20,21-12-6-2-7-13-21)22-14-8-3-9-15-22)27(42)36-24-28(43)41-25(30(44)45)19(16-47-29(24)41)17-48-32-38-35-18-49-32/h1-15,18,24,29H,16-17H2,(H,36,42)(H,44,45)(H2,34,37,40)/t24?,29-/m1/s1. The highest BCUT2D eigenvalue weighted by molar-refractivity contribution is 8.01. The van der Waals surface area contributed by atoms with Crippen LogP contribution in [0.1, 0.15) is 22.5 Å². The highest BCUT2D eigenvalue weighted by atomic mass is 32.2. The summed E-state index contributed by atoms with van der Waals surface area (Å²) < 4.78 is 4.92. The zero-order valence-electron chi connectivity index (χ0n) is 25.8. The van der Waals surface area contributed by atoms with Crippen LogP contribution in [0.5, 0.6) is 0 Å². The minimum Gasteiger partial charge on any atom is -0.477 e. The van der Waals surface area contributed by atoms with E-state index in [-0.39, 0.29) is 22.4 Å². The Hall–Kier alpha value is -5.10. The van der Waals surface area contributed by atoms with Gasteiger partial charge in [0.15, 0.2) is 9.47 Å². The summed E-state index contributed by atoms with van der Waals surface area (Å²) >= 11 is 4.93. The van der Waals surface area contributed by atoms with Crippen molar-refractivity contribution in [2.24, 2.45) is 5.16 Å². The zero-order chi connectivity index (χ0) is 34.7. The first-order valence-electron chi connectivity index (χ1n) is 15.0. The predicted molar refractivity (Wildman–Crippen MR) is 191 cm³/mol. The molecule has 1 fully saturated rings. The van der Waals surface area contributed by atoms with Gasteiger partial charge < -0.3 is 21.0 Å². The molecule has 0 spiro atoms. The summed E-state index contributed by atoms with van der Waals surface area (Å²) in [4.78, 5) is 51.9. The topological polar surface area (TPSA) is 186 Å². The molecule has 4 heterocycles. The second-order valence-electron chi connectivity index (χ2n) is 10.9. The molecular weight excluding hydrogens is 717 g/mol. The van der Waals surface area contributed by atoms with Gasteiger partial charge in [-0.2, -0.15) is 9.36 Å². The molecule has 1 unspecified atom stereocenters. The fourth-order valence-electron chi connectivity index (χ4n) is 5.68. The summed E-state index contributed by atoms with van der Waals surface area (Å²) in [5.41, 5.74) is 8.59. The van der Waals surface area contributed by atoms with E-state index in [1.165, 1.54) is 39.8 Å². The van der Waals surface area contributed by atoms with Crippen molar-refractivity contribution in [1.29, 1.82) is 0 Å². The SMILES string of the molecule is Nc1nc(C(=NOC(c2ccccc2)(c2ccccc2)c2ccccc2)C(=O)NC2C(=O)N3C(C(=O)O)=C(CSc4nncs4)CS[C@H]23)ns1. The van der Waals surface area contributed by atoms with E-state index in [0.717, 1.165) is 28.2 Å². The Labute approximate surface area is 301 Å². The number of hydrogen-bond donors (Lipinski definition) is 3. The average Bonchev–Trinajstić information content (AvgIpc) is 3.84. The van der Waals surface area contributed by atoms with Crippen LogP contribution in [0.4, 0.5) is 5.13 Å². The van der Waals surface area contributed by atoms with E-state index >= 15 is 0 Å². The summed E-state index contributed by atoms with van der Waals surface area (Å²) in [5.74, 6) is -1.99. The van der Waals surface area contributed by atoms with Crippen LogP contribution < -0.4 is 11.1 Å². The minimum atomic E-state index is -1.32. The Morgan fingerprint density at radius 1 is 1.02 bits per heavy atom. The lowest BCUT2D eigenvalue weighted by Crippen LogP contribution is -2.71. The number of carbonyl (C=O) groups excluding carboxylic acids is 2. The maximum atomic E-state index is 14.1. The molecule has 2 aliphatic rings. The number of thioether (sulfide) groups is 2. The van der Waals surface area contributed by atoms with Gasteiger partial charge in [0, 0.05) is 39.7 Å². The van der Waals surface area contributed by atoms with Crippen molar-refractivity contribution in [1.82, 2.24) is 29.8 Å². The number of fused-ring (bicyclic) bond motifs is 1. The third-order valence-electron chi connectivity index (χ3n) is 7.93. The molecular formula is C33H26N8O5S4. The molecule has 2 atom stereocenters. The number of nitrogens with one attached hydrogen (secondary N) is 1. The Balaban J connectivity index is 1.21. The van der Waals surface area contributed by atoms with Crippen LogP contribution in [-0.4, -0.2) is 76.0 Å². The summed E-state index contributed by atoms with van der Waals surface area (Å²) in [7, 11) is 0. The molecule has 13 nitrogen and oxygen atoms in total. The van der Waals surface area contributed by atoms with Gasteiger partial charge in [-0.1, -0.05) is 119 Å². The highest BCUT2D eigenvalue weighted by Gasteiger charge is 2.54. The Kier molecular flexibility index (Phi) is 9.62. The van der Waals surface area contributed by atoms with Crippen LogP contribution in [0.2, 0.25) is 0 Å². The third kappa shape index (κ3) is 6.35. The number of carboxylic acid groups (broad SMARTS) is 1. The van der Waals surface area contributed by atoms with Crippen LogP contribution >= 0.6 is 46.4 Å². The predicted octanol–water partition coefficient (Wildman–Crippen LogP) is 4.22. The second-order valence-corrected chi connectivity index (χ2v) is 14.8. The van der Waals surface area contributed by atoms with Crippen molar-refractivity contribution in [2.75, 3.05) is 17.2 Å². The number of nitrogen functional groups attached to an aromatic ring is 1. The number of aliphatic carboxylic acids is 1. The fraction of sp³-hybridized carbons (Fsp3) is 0.152. The Morgan fingerprint density at radius 2 is 1.64 bits per heavy atom. The molecule has 7 rings (SSSR count). The Bertz CT molecular complexity index is 1980. The molecule has 0 saturated carbocycles. The second kappa shape index (κ2) is 14.4. The van der Waals surface area contributed by atoms with Gasteiger partial charge in [0.1, 0.15) is 22.6 Å². The summed E-state index contributed by atoms with van der Waals surface area (Å²) in [6.07, 6.45) is 0. The summed E-state index contributed by atoms with van der Waals surface area (Å²) in [5, 5.41) is 24.5. The number of amides is 2. The van der Waals surface area contributed by atoms with Gasteiger partial charge >= 0.3 is 5.97 Å². The number of oxime groups is 1. The van der Waals surface area contributed by atoms with Crippen molar-refractivity contribution in [2.45, 2.75) is 21.4 Å². The lowest BCUT2D eigenvalue weighted by atomic mass is 9.80. The van der Waals surface area contributed by atoms with Crippen molar-refractivity contribution in [3.8, 4) is 0 Å². The number of anilines is 1. The quantitative estimate of drug-likeness (QED) is 0.0545. The van der Waals surface area contributed by atoms with E-state index in [4.69, 9.17) is 10.6 Å². The normalized spacial score (nSPS) is 17.6. The van der Waals surface area contributed by atoms with E-state index in [1.807, 2.05) is 91.0 Å². The van der Waals surface area contributed by atoms with E-state index in [0.29, 0.717) is 21.4 Å². The number of hydrogen-bond acceptors (Lipinski definition) is 14. The molecule has 1 saturated heterocycles. The molecule has 2 amide bonds. The van der Waals surface area contributed by atoms with Crippen molar-refractivity contribution in [3.05, 3.63) is 130 Å². The Morgan fingerprint density at radius 3 is 2.16 bits per heavy atom. The van der Waals surface area contributed by atoms with Gasteiger partial charge in [0.2, 0.25) is 17.1 Å². The molecule has 2 aromatic heterocycles. The summed E-state index contributed by atoms with van der Waals surface area (Å²) in [6.45, 7) is 0. The maximum Gasteiger partial charge on any atom is 0.352 e. The fourth-order valence-corrected chi connectivity index (χ4v) is 9.09. The monoisotopic (exact) mass is 742 g/mol. The molecule has 0 bridgehead atoms. The first kappa shape index (κ1) is 33.4. The number of benzene rings is 3. The number of β-lactam (4-membered cyclic amide) rings is 1. The lowest BCUT2D eigenvalue weighted by Gasteiger charge is -2.49. The van der Waals surface area contributed by atoms with Crippen LogP contribution in [0.25, 0.3) is 0 Å². The van der Waals surface area contributed by atoms with Crippen LogP contribution in [-0.2, 0) is 24.8 Å². The molecule has 2 aliphatic heterocycles. The van der Waals surface area contributed by atoms with Gasteiger partial charge in [0.25, 0.3) is 11.8 Å². The van der Waals surface area contributed by atoms with Gasteiger partial charge in [-0.05, 0) is 5.57 Å². The minimum absolute atomic E-state index is 0.0879. The zero-order valence-corrected chi connectivity index (χ0v) is 29.0. The molecule has 0 aliphatic carbocycles. The van der Waals surface area contributed by atoms with E-state index in [9.17, 15) is 19.5 Å². The number of aromatic nitrogens is 4. The molecule has 17 heteroatoms.